The van der Waals surface area contributed by atoms with Crippen LogP contribution in [0.15, 0.2) is 34.4 Å². The average molecular weight is 311 g/mol. The molecule has 2 N–H and O–H groups in total. The molecule has 4 heteroatoms. The zero-order chi connectivity index (χ0) is 16.5. The lowest BCUT2D eigenvalue weighted by Crippen LogP contribution is -2.22. The Labute approximate surface area is 138 Å². The molecule has 1 saturated heterocycles. The highest BCUT2D eigenvalue weighted by Crippen LogP contribution is 2.12. The van der Waals surface area contributed by atoms with Crippen molar-refractivity contribution < 1.29 is 4.74 Å². The second kappa shape index (κ2) is 9.12. The van der Waals surface area contributed by atoms with E-state index in [4.69, 9.17) is 10.6 Å². The van der Waals surface area contributed by atoms with E-state index in [1.54, 1.807) is 6.21 Å². The fourth-order valence-electron chi connectivity index (χ4n) is 2.34. The predicted molar refractivity (Wildman–Crippen MR) is 95.8 cm³/mol. The summed E-state index contributed by atoms with van der Waals surface area (Å²) in [6.45, 7) is 5.66. The van der Waals surface area contributed by atoms with Gasteiger partial charge in [0.15, 0.2) is 0 Å². The number of hydrogen-bond donors (Lipinski definition) is 1. The van der Waals surface area contributed by atoms with Crippen molar-refractivity contribution in [3.05, 3.63) is 35.4 Å². The van der Waals surface area contributed by atoms with E-state index in [0.29, 0.717) is 18.2 Å². The maximum absolute atomic E-state index is 5.66. The molecule has 122 valence electrons. The van der Waals surface area contributed by atoms with Crippen LogP contribution in [0.1, 0.15) is 44.2 Å². The summed E-state index contributed by atoms with van der Waals surface area (Å²) in [6.07, 6.45) is 5.41. The molecule has 1 aromatic carbocycles. The van der Waals surface area contributed by atoms with Gasteiger partial charge in [-0.05, 0) is 31.4 Å². The summed E-state index contributed by atoms with van der Waals surface area (Å²) in [5.74, 6) is 12.2. The SMILES string of the molecule is CC(C)C#Cc1ccc(/C(C=NCC2CCCCO2)=N/N)cc1. The Kier molecular flexibility index (Phi) is 6.83. The van der Waals surface area contributed by atoms with Crippen LogP contribution in [0.3, 0.4) is 0 Å². The molecule has 2 rings (SSSR count). The van der Waals surface area contributed by atoms with Crippen LogP contribution in [-0.2, 0) is 4.74 Å². The first-order chi connectivity index (χ1) is 11.2. The van der Waals surface area contributed by atoms with Crippen molar-refractivity contribution in [2.45, 2.75) is 39.2 Å². The van der Waals surface area contributed by atoms with Crippen molar-refractivity contribution in [2.24, 2.45) is 21.9 Å². The van der Waals surface area contributed by atoms with E-state index in [0.717, 1.165) is 30.6 Å². The number of benzene rings is 1. The lowest BCUT2D eigenvalue weighted by Gasteiger charge is -2.20. The molecule has 1 aromatic rings. The van der Waals surface area contributed by atoms with Crippen molar-refractivity contribution in [1.29, 1.82) is 0 Å². The molecule has 1 fully saturated rings. The van der Waals surface area contributed by atoms with Crippen LogP contribution in [0, 0.1) is 17.8 Å². The number of hydrazone groups is 1. The Morgan fingerprint density at radius 2 is 2.13 bits per heavy atom. The number of ether oxygens (including phenoxy) is 1. The van der Waals surface area contributed by atoms with Gasteiger partial charge in [0.1, 0.15) is 5.71 Å². The number of rotatable bonds is 4. The summed E-state index contributed by atoms with van der Waals surface area (Å²) in [4.78, 5) is 4.44. The highest BCUT2D eigenvalue weighted by molar-refractivity contribution is 6.38. The standard InChI is InChI=1S/C19H25N3O/c1-15(2)6-7-16-8-10-17(11-9-16)19(22-20)14-21-13-18-5-3-4-12-23-18/h8-11,14-15,18H,3-5,12-13,20H2,1-2H3/b21-14?,22-19+. The van der Waals surface area contributed by atoms with E-state index in [9.17, 15) is 0 Å². The quantitative estimate of drug-likeness (QED) is 0.402. The van der Waals surface area contributed by atoms with Gasteiger partial charge in [0.05, 0.1) is 12.6 Å². The molecule has 0 bridgehead atoms. The largest absolute Gasteiger partial charge is 0.376 e. The smallest absolute Gasteiger partial charge is 0.108 e. The first-order valence-electron chi connectivity index (χ1n) is 8.20. The minimum Gasteiger partial charge on any atom is -0.376 e. The van der Waals surface area contributed by atoms with Crippen molar-refractivity contribution in [1.82, 2.24) is 0 Å². The van der Waals surface area contributed by atoms with Crippen LogP contribution in [0.4, 0.5) is 0 Å². The van der Waals surface area contributed by atoms with Gasteiger partial charge in [-0.25, -0.2) is 0 Å². The van der Waals surface area contributed by atoms with Gasteiger partial charge in [-0.1, -0.05) is 37.8 Å². The Morgan fingerprint density at radius 3 is 2.74 bits per heavy atom. The van der Waals surface area contributed by atoms with Crippen LogP contribution in [-0.4, -0.2) is 31.2 Å². The Hall–Kier alpha value is -2.12. The topological polar surface area (TPSA) is 60.0 Å². The molecule has 0 radical (unpaired) electrons. The van der Waals surface area contributed by atoms with Crippen molar-refractivity contribution in [3.63, 3.8) is 0 Å². The fraction of sp³-hybridized carbons (Fsp3) is 0.474. The summed E-state index contributed by atoms with van der Waals surface area (Å²) >= 11 is 0. The zero-order valence-electron chi connectivity index (χ0n) is 14.0. The van der Waals surface area contributed by atoms with Crippen LogP contribution in [0.25, 0.3) is 0 Å². The maximum Gasteiger partial charge on any atom is 0.108 e. The molecular weight excluding hydrogens is 286 g/mol. The molecule has 23 heavy (non-hydrogen) atoms. The van der Waals surface area contributed by atoms with Gasteiger partial charge in [-0.2, -0.15) is 5.10 Å². The van der Waals surface area contributed by atoms with E-state index in [1.165, 1.54) is 6.42 Å². The zero-order valence-corrected chi connectivity index (χ0v) is 14.0. The van der Waals surface area contributed by atoms with Crippen LogP contribution < -0.4 is 5.84 Å². The third-order valence-corrected chi connectivity index (χ3v) is 3.62. The summed E-state index contributed by atoms with van der Waals surface area (Å²) in [6, 6.07) is 7.90. The summed E-state index contributed by atoms with van der Waals surface area (Å²) in [5.41, 5.74) is 2.60. The predicted octanol–water partition coefficient (Wildman–Crippen LogP) is 3.00. The van der Waals surface area contributed by atoms with Gasteiger partial charge >= 0.3 is 0 Å². The van der Waals surface area contributed by atoms with Crippen molar-refractivity contribution in [2.75, 3.05) is 13.2 Å². The molecular formula is C19H25N3O. The Morgan fingerprint density at radius 1 is 1.35 bits per heavy atom. The van der Waals surface area contributed by atoms with Gasteiger partial charge in [-0.3, -0.25) is 4.99 Å². The molecule has 1 unspecified atom stereocenters. The molecule has 1 atom stereocenters. The van der Waals surface area contributed by atoms with E-state index in [2.05, 4.69) is 35.8 Å². The monoisotopic (exact) mass is 311 g/mol. The van der Waals surface area contributed by atoms with E-state index in [1.807, 2.05) is 24.3 Å². The van der Waals surface area contributed by atoms with Gasteiger partial charge in [0.25, 0.3) is 0 Å². The highest BCUT2D eigenvalue weighted by Gasteiger charge is 2.12. The second-order valence-electron chi connectivity index (χ2n) is 6.00. The molecule has 0 aromatic heterocycles. The lowest BCUT2D eigenvalue weighted by atomic mass is 10.1. The number of nitrogens with zero attached hydrogens (tertiary/aromatic N) is 2. The first-order valence-corrected chi connectivity index (χ1v) is 8.20. The van der Waals surface area contributed by atoms with Crippen molar-refractivity contribution >= 4 is 11.9 Å². The van der Waals surface area contributed by atoms with E-state index in [-0.39, 0.29) is 6.10 Å². The molecule has 0 amide bonds. The van der Waals surface area contributed by atoms with Gasteiger partial charge < -0.3 is 10.6 Å². The van der Waals surface area contributed by atoms with Crippen LogP contribution >= 0.6 is 0 Å². The van der Waals surface area contributed by atoms with Gasteiger partial charge in [-0.15, -0.1) is 0 Å². The van der Waals surface area contributed by atoms with Gasteiger partial charge in [0.2, 0.25) is 0 Å². The van der Waals surface area contributed by atoms with Crippen molar-refractivity contribution in [3.8, 4) is 11.8 Å². The number of nitrogens with two attached hydrogens (primary N) is 1. The molecule has 4 nitrogen and oxygen atoms in total. The normalized spacial score (nSPS) is 18.9. The molecule has 0 saturated carbocycles. The number of aliphatic imine (C=N–C) groups is 1. The summed E-state index contributed by atoms with van der Waals surface area (Å²) in [7, 11) is 0. The summed E-state index contributed by atoms with van der Waals surface area (Å²) in [5, 5.41) is 3.84. The number of hydrogen-bond acceptors (Lipinski definition) is 4. The van der Waals surface area contributed by atoms with E-state index < -0.39 is 0 Å². The molecule has 1 aliphatic heterocycles. The van der Waals surface area contributed by atoms with E-state index >= 15 is 0 Å². The van der Waals surface area contributed by atoms with Crippen LogP contribution in [0.2, 0.25) is 0 Å². The average Bonchev–Trinajstić information content (AvgIpc) is 2.58. The van der Waals surface area contributed by atoms with Crippen LogP contribution in [0.5, 0.6) is 0 Å². The lowest BCUT2D eigenvalue weighted by molar-refractivity contribution is 0.0226. The molecule has 0 aliphatic carbocycles. The molecule has 1 aliphatic rings. The second-order valence-corrected chi connectivity index (χ2v) is 6.00. The third-order valence-electron chi connectivity index (χ3n) is 3.62. The Bertz CT molecular complexity index is 600. The Balaban J connectivity index is 1.96. The molecule has 1 heterocycles. The highest BCUT2D eigenvalue weighted by atomic mass is 16.5. The third kappa shape index (κ3) is 5.88. The maximum atomic E-state index is 5.66. The molecule has 0 spiro atoms. The summed E-state index contributed by atoms with van der Waals surface area (Å²) < 4.78 is 5.66. The fourth-order valence-corrected chi connectivity index (χ4v) is 2.34. The first kappa shape index (κ1) is 17.2. The van der Waals surface area contributed by atoms with Gasteiger partial charge in [0, 0.05) is 29.9 Å². The minimum atomic E-state index is 0.229. The minimum absolute atomic E-state index is 0.229.